The largest absolute Gasteiger partial charge is 0.373 e. The van der Waals surface area contributed by atoms with E-state index in [9.17, 15) is 0 Å². The van der Waals surface area contributed by atoms with Crippen LogP contribution in [0.3, 0.4) is 0 Å². The highest BCUT2D eigenvalue weighted by atomic mass is 15.1. The normalized spacial score (nSPS) is 18.0. The van der Waals surface area contributed by atoms with Crippen molar-refractivity contribution >= 4 is 5.69 Å². The Bertz CT molecular complexity index is 394. The molecule has 1 aliphatic carbocycles. The van der Waals surface area contributed by atoms with E-state index in [0.29, 0.717) is 6.04 Å². The fraction of sp³-hybridized carbons (Fsp3) is 0.625. The minimum absolute atomic E-state index is 0.318. The van der Waals surface area contributed by atoms with E-state index < -0.39 is 0 Å². The second-order valence-corrected chi connectivity index (χ2v) is 5.88. The van der Waals surface area contributed by atoms with Gasteiger partial charge in [-0.15, -0.1) is 0 Å². The highest BCUT2D eigenvalue weighted by Crippen LogP contribution is 2.28. The average Bonchev–Trinajstić information content (AvgIpc) is 2.81. The van der Waals surface area contributed by atoms with Crippen LogP contribution in [0.5, 0.6) is 0 Å². The first kappa shape index (κ1) is 13.4. The van der Waals surface area contributed by atoms with Gasteiger partial charge in [-0.3, -0.25) is 0 Å². The zero-order valence-corrected chi connectivity index (χ0v) is 11.9. The van der Waals surface area contributed by atoms with Crippen LogP contribution in [0.2, 0.25) is 0 Å². The van der Waals surface area contributed by atoms with Gasteiger partial charge in [0.05, 0.1) is 0 Å². The maximum Gasteiger partial charge on any atom is 0.0394 e. The molecule has 0 aromatic heterocycles. The number of benzene rings is 1. The molecule has 1 unspecified atom stereocenters. The number of likely N-dealkylation sites (N-methyl/N-ethyl adjacent to an activating group) is 1. The predicted molar refractivity (Wildman–Crippen MR) is 79.1 cm³/mol. The first-order chi connectivity index (χ1) is 8.58. The van der Waals surface area contributed by atoms with Gasteiger partial charge in [0, 0.05) is 25.3 Å². The lowest BCUT2D eigenvalue weighted by atomic mass is 9.98. The molecule has 0 radical (unpaired) electrons. The van der Waals surface area contributed by atoms with E-state index >= 15 is 0 Å². The Balaban J connectivity index is 2.00. The maximum atomic E-state index is 6.36. The molecule has 1 saturated carbocycles. The van der Waals surface area contributed by atoms with Crippen LogP contribution in [-0.4, -0.2) is 19.6 Å². The van der Waals surface area contributed by atoms with E-state index in [4.69, 9.17) is 5.73 Å². The average molecular weight is 246 g/mol. The molecule has 1 fully saturated rings. The molecule has 2 rings (SSSR count). The van der Waals surface area contributed by atoms with Gasteiger partial charge in [0.2, 0.25) is 0 Å². The summed E-state index contributed by atoms with van der Waals surface area (Å²) in [7, 11) is 2.16. The lowest BCUT2D eigenvalue weighted by Gasteiger charge is -2.28. The van der Waals surface area contributed by atoms with E-state index in [0.717, 1.165) is 12.5 Å². The van der Waals surface area contributed by atoms with Gasteiger partial charge in [0.15, 0.2) is 0 Å². The summed E-state index contributed by atoms with van der Waals surface area (Å²) in [4.78, 5) is 2.32. The Morgan fingerprint density at radius 3 is 2.56 bits per heavy atom. The number of aryl methyl sites for hydroxylation is 2. The lowest BCUT2D eigenvalue weighted by molar-refractivity contribution is 0.433. The molecular weight excluding hydrogens is 220 g/mol. The standard InChI is InChI=1S/C16H26N2/c1-12-8-9-16(13(2)10-12)18(3)11-15(17)14-6-4-5-7-14/h8-10,14-15H,4-7,11,17H2,1-3H3. The SMILES string of the molecule is Cc1ccc(N(C)CC(N)C2CCCC2)c(C)c1. The molecule has 0 heterocycles. The molecule has 1 aromatic rings. The fourth-order valence-corrected chi connectivity index (χ4v) is 3.18. The van der Waals surface area contributed by atoms with Gasteiger partial charge in [-0.05, 0) is 44.2 Å². The van der Waals surface area contributed by atoms with E-state index in [-0.39, 0.29) is 0 Å². The molecular formula is C16H26N2. The molecule has 0 spiro atoms. The zero-order chi connectivity index (χ0) is 13.1. The summed E-state index contributed by atoms with van der Waals surface area (Å²) < 4.78 is 0. The lowest BCUT2D eigenvalue weighted by Crippen LogP contribution is -2.40. The highest BCUT2D eigenvalue weighted by molar-refractivity contribution is 5.53. The van der Waals surface area contributed by atoms with Crippen LogP contribution in [0.4, 0.5) is 5.69 Å². The van der Waals surface area contributed by atoms with Crippen molar-refractivity contribution in [3.05, 3.63) is 29.3 Å². The number of hydrogen-bond acceptors (Lipinski definition) is 2. The number of rotatable bonds is 4. The molecule has 1 aliphatic rings. The quantitative estimate of drug-likeness (QED) is 0.883. The van der Waals surface area contributed by atoms with Crippen molar-refractivity contribution in [3.8, 4) is 0 Å². The number of nitrogens with two attached hydrogens (primary N) is 1. The molecule has 0 bridgehead atoms. The molecule has 0 saturated heterocycles. The van der Waals surface area contributed by atoms with Gasteiger partial charge in [-0.1, -0.05) is 30.5 Å². The Morgan fingerprint density at radius 2 is 1.94 bits per heavy atom. The second kappa shape index (κ2) is 5.75. The molecule has 2 nitrogen and oxygen atoms in total. The van der Waals surface area contributed by atoms with Crippen LogP contribution in [-0.2, 0) is 0 Å². The second-order valence-electron chi connectivity index (χ2n) is 5.88. The number of nitrogens with zero attached hydrogens (tertiary/aromatic N) is 1. The minimum atomic E-state index is 0.318. The summed E-state index contributed by atoms with van der Waals surface area (Å²) >= 11 is 0. The van der Waals surface area contributed by atoms with Crippen LogP contribution in [0.15, 0.2) is 18.2 Å². The first-order valence-electron chi connectivity index (χ1n) is 7.12. The highest BCUT2D eigenvalue weighted by Gasteiger charge is 2.23. The van der Waals surface area contributed by atoms with Crippen molar-refractivity contribution in [3.63, 3.8) is 0 Å². The molecule has 0 amide bonds. The molecule has 2 heteroatoms. The van der Waals surface area contributed by atoms with Gasteiger partial charge in [0.25, 0.3) is 0 Å². The molecule has 1 aromatic carbocycles. The van der Waals surface area contributed by atoms with Crippen LogP contribution in [0, 0.1) is 19.8 Å². The Morgan fingerprint density at radius 1 is 1.28 bits per heavy atom. The van der Waals surface area contributed by atoms with E-state index in [2.05, 4.69) is 44.0 Å². The van der Waals surface area contributed by atoms with Crippen molar-refractivity contribution in [2.75, 3.05) is 18.5 Å². The zero-order valence-electron chi connectivity index (χ0n) is 11.9. The molecule has 0 aliphatic heterocycles. The summed E-state index contributed by atoms with van der Waals surface area (Å²) in [5.74, 6) is 0.734. The van der Waals surface area contributed by atoms with Gasteiger partial charge in [-0.2, -0.15) is 0 Å². The predicted octanol–water partition coefficient (Wildman–Crippen LogP) is 3.26. The van der Waals surface area contributed by atoms with E-state index in [1.54, 1.807) is 0 Å². The topological polar surface area (TPSA) is 29.3 Å². The van der Waals surface area contributed by atoms with Crippen molar-refractivity contribution < 1.29 is 0 Å². The first-order valence-corrected chi connectivity index (χ1v) is 7.12. The van der Waals surface area contributed by atoms with Gasteiger partial charge in [0.1, 0.15) is 0 Å². The van der Waals surface area contributed by atoms with Gasteiger partial charge >= 0.3 is 0 Å². The van der Waals surface area contributed by atoms with Crippen molar-refractivity contribution in [2.45, 2.75) is 45.6 Å². The molecule has 2 N–H and O–H groups in total. The fourth-order valence-electron chi connectivity index (χ4n) is 3.18. The summed E-state index contributed by atoms with van der Waals surface area (Å²) in [6.07, 6.45) is 5.38. The third-order valence-corrected chi connectivity index (χ3v) is 4.25. The monoisotopic (exact) mass is 246 g/mol. The number of hydrogen-bond donors (Lipinski definition) is 1. The van der Waals surface area contributed by atoms with E-state index in [1.165, 1.54) is 42.5 Å². The smallest absolute Gasteiger partial charge is 0.0394 e. The molecule has 1 atom stereocenters. The minimum Gasteiger partial charge on any atom is -0.373 e. The third kappa shape index (κ3) is 3.05. The van der Waals surface area contributed by atoms with Gasteiger partial charge < -0.3 is 10.6 Å². The van der Waals surface area contributed by atoms with Crippen LogP contribution in [0.1, 0.15) is 36.8 Å². The number of anilines is 1. The Kier molecular flexibility index (Phi) is 4.28. The van der Waals surface area contributed by atoms with Crippen molar-refractivity contribution in [1.82, 2.24) is 0 Å². The Hall–Kier alpha value is -1.02. The van der Waals surface area contributed by atoms with Gasteiger partial charge in [-0.25, -0.2) is 0 Å². The van der Waals surface area contributed by atoms with Crippen LogP contribution >= 0.6 is 0 Å². The van der Waals surface area contributed by atoms with Crippen LogP contribution < -0.4 is 10.6 Å². The summed E-state index contributed by atoms with van der Waals surface area (Å²) in [5.41, 5.74) is 10.3. The molecule has 18 heavy (non-hydrogen) atoms. The van der Waals surface area contributed by atoms with Crippen LogP contribution in [0.25, 0.3) is 0 Å². The summed E-state index contributed by atoms with van der Waals surface area (Å²) in [6.45, 7) is 5.29. The van der Waals surface area contributed by atoms with Crippen molar-refractivity contribution in [2.24, 2.45) is 11.7 Å². The third-order valence-electron chi connectivity index (χ3n) is 4.25. The maximum absolute atomic E-state index is 6.36. The Labute approximate surface area is 111 Å². The summed E-state index contributed by atoms with van der Waals surface area (Å²) in [5, 5.41) is 0. The van der Waals surface area contributed by atoms with E-state index in [1.807, 2.05) is 0 Å². The molecule has 100 valence electrons. The van der Waals surface area contributed by atoms with Crippen molar-refractivity contribution in [1.29, 1.82) is 0 Å². The summed E-state index contributed by atoms with van der Waals surface area (Å²) in [6, 6.07) is 6.96.